The molecule has 0 saturated heterocycles. The van der Waals surface area contributed by atoms with E-state index < -0.39 is 20.9 Å². The molecule has 0 aromatic heterocycles. The van der Waals surface area contributed by atoms with Crippen LogP contribution in [0.3, 0.4) is 0 Å². The number of rotatable bonds is 0. The molecule has 1 nitrogen and oxygen atoms in total. The zero-order chi connectivity index (χ0) is 7.23. The number of halogens is 4. The van der Waals surface area contributed by atoms with E-state index in [1.807, 2.05) is 0 Å². The highest BCUT2D eigenvalue weighted by Crippen LogP contribution is 2.45. The van der Waals surface area contributed by atoms with Crippen molar-refractivity contribution in [2.24, 2.45) is 0 Å². The fourth-order valence-electron chi connectivity index (χ4n) is 0.540. The van der Waals surface area contributed by atoms with Crippen molar-refractivity contribution in [1.82, 2.24) is 0 Å². The lowest BCUT2D eigenvalue weighted by Gasteiger charge is -2.37. The van der Waals surface area contributed by atoms with Gasteiger partial charge in [0.15, 0.2) is 10.1 Å². The highest BCUT2D eigenvalue weighted by Gasteiger charge is 2.59. The van der Waals surface area contributed by atoms with Gasteiger partial charge in [-0.2, -0.15) is 0 Å². The molecule has 2 unspecified atom stereocenters. The van der Waals surface area contributed by atoms with Crippen LogP contribution in [0.2, 0.25) is 0 Å². The summed E-state index contributed by atoms with van der Waals surface area (Å²) < 4.78 is -1.45. The number of Topliss-reactive ketones (excluding diaryl/α,β-unsaturated/α-hetero) is 1. The first-order valence-electron chi connectivity index (χ1n) is 2.18. The van der Waals surface area contributed by atoms with Gasteiger partial charge in [-0.15, -0.1) is 23.2 Å². The maximum absolute atomic E-state index is 10.6. The van der Waals surface area contributed by atoms with Gasteiger partial charge in [0.25, 0.3) is 0 Å². The predicted molar refractivity (Wildman–Crippen MR) is 38.7 cm³/mol. The monoisotopic (exact) mass is 206 g/mol. The molecular weight excluding hydrogens is 206 g/mol. The molecule has 1 rings (SSSR count). The molecule has 52 valence electrons. The highest BCUT2D eigenvalue weighted by atomic mass is 35.5. The lowest BCUT2D eigenvalue weighted by molar-refractivity contribution is -0.123. The standard InChI is InChI=1S/C4H2Cl4O/c5-1-2(6)4(7,8)3(1)9/h1-2H. The fourth-order valence-corrected chi connectivity index (χ4v) is 1.85. The van der Waals surface area contributed by atoms with Crippen LogP contribution in [0.5, 0.6) is 0 Å². The minimum absolute atomic E-state index is 0.410. The molecule has 1 aliphatic carbocycles. The quantitative estimate of drug-likeness (QED) is 0.556. The van der Waals surface area contributed by atoms with Gasteiger partial charge in [0, 0.05) is 0 Å². The minimum Gasteiger partial charge on any atom is -0.295 e. The Balaban J connectivity index is 2.73. The van der Waals surface area contributed by atoms with Crippen LogP contribution in [0, 0.1) is 0 Å². The molecule has 0 aromatic carbocycles. The fraction of sp³-hybridized carbons (Fsp3) is 0.750. The van der Waals surface area contributed by atoms with E-state index in [0.29, 0.717) is 0 Å². The molecular formula is C4H2Cl4O. The van der Waals surface area contributed by atoms with Gasteiger partial charge in [0.05, 0.1) is 5.38 Å². The smallest absolute Gasteiger partial charge is 0.195 e. The molecule has 0 N–H and O–H groups in total. The van der Waals surface area contributed by atoms with Crippen molar-refractivity contribution in [2.75, 3.05) is 0 Å². The Kier molecular flexibility index (Phi) is 1.90. The van der Waals surface area contributed by atoms with Crippen LogP contribution in [0.15, 0.2) is 0 Å². The summed E-state index contributed by atoms with van der Waals surface area (Å²) in [4.78, 5) is 10.6. The third kappa shape index (κ3) is 0.949. The molecule has 5 heteroatoms. The van der Waals surface area contributed by atoms with Gasteiger partial charge in [-0.1, -0.05) is 23.2 Å². The van der Waals surface area contributed by atoms with Crippen molar-refractivity contribution < 1.29 is 4.79 Å². The number of carbonyl (C=O) groups excluding carboxylic acids is 1. The zero-order valence-electron chi connectivity index (χ0n) is 4.07. The van der Waals surface area contributed by atoms with Gasteiger partial charge in [-0.05, 0) is 0 Å². The lowest BCUT2D eigenvalue weighted by atomic mass is 9.95. The van der Waals surface area contributed by atoms with Crippen molar-refractivity contribution in [3.8, 4) is 0 Å². The van der Waals surface area contributed by atoms with E-state index in [-0.39, 0.29) is 0 Å². The van der Waals surface area contributed by atoms with Gasteiger partial charge in [0.2, 0.25) is 0 Å². The molecule has 0 aliphatic heterocycles. The van der Waals surface area contributed by atoms with Crippen LogP contribution < -0.4 is 0 Å². The summed E-state index contributed by atoms with van der Waals surface area (Å²) in [6.07, 6.45) is 0. The normalized spacial score (nSPS) is 40.2. The highest BCUT2D eigenvalue weighted by molar-refractivity contribution is 6.69. The number of ketones is 1. The third-order valence-electron chi connectivity index (χ3n) is 1.18. The topological polar surface area (TPSA) is 17.1 Å². The van der Waals surface area contributed by atoms with Crippen molar-refractivity contribution in [2.45, 2.75) is 15.1 Å². The van der Waals surface area contributed by atoms with E-state index in [4.69, 9.17) is 46.4 Å². The molecule has 0 radical (unpaired) electrons. The Morgan fingerprint density at radius 3 is 1.89 bits per heavy atom. The number of hydrogen-bond donors (Lipinski definition) is 0. The molecule has 0 heterocycles. The second-order valence-electron chi connectivity index (χ2n) is 1.79. The first-order chi connectivity index (χ1) is 3.98. The van der Waals surface area contributed by atoms with E-state index in [0.717, 1.165) is 0 Å². The van der Waals surface area contributed by atoms with Crippen molar-refractivity contribution in [3.63, 3.8) is 0 Å². The van der Waals surface area contributed by atoms with E-state index >= 15 is 0 Å². The summed E-state index contributed by atoms with van der Waals surface area (Å²) in [6.45, 7) is 0. The summed E-state index contributed by atoms with van der Waals surface area (Å²) in [7, 11) is 0. The first-order valence-corrected chi connectivity index (χ1v) is 3.81. The molecule has 1 aliphatic rings. The molecule has 2 atom stereocenters. The first kappa shape index (κ1) is 7.93. The predicted octanol–water partition coefficient (Wildman–Crippen LogP) is 1.96. The number of hydrogen-bond acceptors (Lipinski definition) is 1. The Bertz CT molecular complexity index is 155. The van der Waals surface area contributed by atoms with Crippen LogP contribution >= 0.6 is 46.4 Å². The van der Waals surface area contributed by atoms with Crippen molar-refractivity contribution in [1.29, 1.82) is 0 Å². The third-order valence-corrected chi connectivity index (χ3v) is 3.41. The average molecular weight is 208 g/mol. The Morgan fingerprint density at radius 1 is 1.33 bits per heavy atom. The van der Waals surface area contributed by atoms with Crippen molar-refractivity contribution >= 4 is 52.2 Å². The maximum atomic E-state index is 10.6. The zero-order valence-corrected chi connectivity index (χ0v) is 7.10. The molecule has 0 amide bonds. The van der Waals surface area contributed by atoms with Crippen LogP contribution in [0.1, 0.15) is 0 Å². The van der Waals surface area contributed by atoms with Gasteiger partial charge in [0.1, 0.15) is 5.38 Å². The summed E-state index contributed by atoms with van der Waals surface area (Å²) in [5.41, 5.74) is 0. The molecule has 0 bridgehead atoms. The van der Waals surface area contributed by atoms with Crippen LogP contribution in [0.4, 0.5) is 0 Å². The van der Waals surface area contributed by atoms with E-state index in [1.54, 1.807) is 0 Å². The Morgan fingerprint density at radius 2 is 1.78 bits per heavy atom. The maximum Gasteiger partial charge on any atom is 0.195 e. The number of carbonyl (C=O) groups is 1. The van der Waals surface area contributed by atoms with E-state index in [9.17, 15) is 4.79 Å². The van der Waals surface area contributed by atoms with Gasteiger partial charge in [-0.25, -0.2) is 0 Å². The van der Waals surface area contributed by atoms with Gasteiger partial charge < -0.3 is 0 Å². The van der Waals surface area contributed by atoms with Gasteiger partial charge >= 0.3 is 0 Å². The lowest BCUT2D eigenvalue weighted by Crippen LogP contribution is -2.59. The van der Waals surface area contributed by atoms with E-state index in [2.05, 4.69) is 0 Å². The minimum atomic E-state index is -1.45. The molecule has 0 spiro atoms. The van der Waals surface area contributed by atoms with Crippen molar-refractivity contribution in [3.05, 3.63) is 0 Å². The molecule has 1 saturated carbocycles. The summed E-state index contributed by atoms with van der Waals surface area (Å²) >= 11 is 21.7. The van der Waals surface area contributed by atoms with Crippen LogP contribution in [-0.4, -0.2) is 20.9 Å². The summed E-state index contributed by atoms with van der Waals surface area (Å²) in [5.74, 6) is -0.410. The number of alkyl halides is 4. The van der Waals surface area contributed by atoms with Gasteiger partial charge in [-0.3, -0.25) is 4.79 Å². The summed E-state index contributed by atoms with van der Waals surface area (Å²) in [5, 5.41) is -1.38. The summed E-state index contributed by atoms with van der Waals surface area (Å²) in [6, 6.07) is 0. The average Bonchev–Trinajstić information content (AvgIpc) is 1.84. The van der Waals surface area contributed by atoms with E-state index in [1.165, 1.54) is 0 Å². The molecule has 0 aromatic rings. The largest absolute Gasteiger partial charge is 0.295 e. The Labute approximate surface area is 72.2 Å². The SMILES string of the molecule is O=C1C(Cl)C(Cl)C1(Cl)Cl. The molecule has 1 fully saturated rings. The van der Waals surface area contributed by atoms with Crippen LogP contribution in [-0.2, 0) is 4.79 Å². The second kappa shape index (κ2) is 2.16. The Hall–Kier alpha value is 0.830. The van der Waals surface area contributed by atoms with Crippen LogP contribution in [0.25, 0.3) is 0 Å². The second-order valence-corrected chi connectivity index (χ2v) is 4.12. The molecule has 9 heavy (non-hydrogen) atoms.